The first-order valence-corrected chi connectivity index (χ1v) is 5.36. The quantitative estimate of drug-likeness (QED) is 0.577. The fourth-order valence-corrected chi connectivity index (χ4v) is 1.41. The molecule has 0 unspecified atom stereocenters. The van der Waals surface area contributed by atoms with E-state index in [1.165, 1.54) is 11.8 Å². The molecule has 0 fully saturated rings. The van der Waals surface area contributed by atoms with Gasteiger partial charge in [0.2, 0.25) is 0 Å². The van der Waals surface area contributed by atoms with E-state index in [1.54, 1.807) is 0 Å². The minimum Gasteiger partial charge on any atom is -0.330 e. The lowest BCUT2D eigenvalue weighted by Crippen LogP contribution is -2.14. The Hall–Kier alpha value is -0.0600. The van der Waals surface area contributed by atoms with Crippen molar-refractivity contribution in [3.05, 3.63) is 0 Å². The third-order valence-electron chi connectivity index (χ3n) is 1.37. The van der Waals surface area contributed by atoms with Crippen LogP contribution in [0, 0.1) is 0 Å². The second-order valence-corrected chi connectivity index (χ2v) is 3.62. The average molecular weight is 190 g/mol. The van der Waals surface area contributed by atoms with E-state index in [9.17, 15) is 4.79 Å². The smallest absolute Gasteiger partial charge is 0.189 e. The van der Waals surface area contributed by atoms with Gasteiger partial charge in [0.15, 0.2) is 5.12 Å². The van der Waals surface area contributed by atoms with Crippen molar-refractivity contribution in [2.45, 2.75) is 19.8 Å². The highest BCUT2D eigenvalue weighted by molar-refractivity contribution is 8.13. The molecule has 3 nitrogen and oxygen atoms in total. The van der Waals surface area contributed by atoms with Crippen molar-refractivity contribution in [3.63, 3.8) is 0 Å². The molecule has 0 amide bonds. The molecule has 4 heteroatoms. The van der Waals surface area contributed by atoms with Crippen molar-refractivity contribution in [1.29, 1.82) is 0 Å². The van der Waals surface area contributed by atoms with Gasteiger partial charge in [0.1, 0.15) is 0 Å². The van der Waals surface area contributed by atoms with Crippen LogP contribution in [0.5, 0.6) is 0 Å². The van der Waals surface area contributed by atoms with Gasteiger partial charge in [0.05, 0.1) is 0 Å². The maximum atomic E-state index is 11.0. The molecule has 0 rings (SSSR count). The van der Waals surface area contributed by atoms with Gasteiger partial charge in [-0.15, -0.1) is 0 Å². The Labute approximate surface area is 78.5 Å². The first-order chi connectivity index (χ1) is 5.81. The van der Waals surface area contributed by atoms with Crippen LogP contribution in [0.25, 0.3) is 0 Å². The molecule has 0 spiro atoms. The van der Waals surface area contributed by atoms with Gasteiger partial charge >= 0.3 is 0 Å². The summed E-state index contributed by atoms with van der Waals surface area (Å²) in [6.45, 7) is 4.56. The molecule has 0 heterocycles. The fraction of sp³-hybridized carbons (Fsp3) is 0.875. The number of nitrogens with one attached hydrogen (secondary N) is 1. The van der Waals surface area contributed by atoms with E-state index in [1.807, 2.05) is 0 Å². The highest BCUT2D eigenvalue weighted by Crippen LogP contribution is 2.05. The van der Waals surface area contributed by atoms with Crippen molar-refractivity contribution in [2.24, 2.45) is 5.73 Å². The molecule has 3 N–H and O–H groups in total. The van der Waals surface area contributed by atoms with Crippen molar-refractivity contribution in [1.82, 2.24) is 5.32 Å². The predicted octanol–water partition coefficient (Wildman–Crippen LogP) is 0.595. The molecule has 0 aromatic rings. The summed E-state index contributed by atoms with van der Waals surface area (Å²) >= 11 is 1.34. The Kier molecular flexibility index (Phi) is 8.99. The van der Waals surface area contributed by atoms with E-state index >= 15 is 0 Å². The molecule has 12 heavy (non-hydrogen) atoms. The second-order valence-electron chi connectivity index (χ2n) is 2.47. The molecule has 0 aliphatic heterocycles. The maximum Gasteiger partial charge on any atom is 0.189 e. The molecule has 72 valence electrons. The Morgan fingerprint density at radius 1 is 1.58 bits per heavy atom. The molecule has 0 aliphatic carbocycles. The zero-order valence-electron chi connectivity index (χ0n) is 7.64. The van der Waals surface area contributed by atoms with Crippen LogP contribution in [0.2, 0.25) is 0 Å². The van der Waals surface area contributed by atoms with Gasteiger partial charge < -0.3 is 11.1 Å². The summed E-state index contributed by atoms with van der Waals surface area (Å²) in [5.41, 5.74) is 5.27. The Balaban J connectivity index is 3.08. The van der Waals surface area contributed by atoms with Gasteiger partial charge in [-0.25, -0.2) is 0 Å². The van der Waals surface area contributed by atoms with Crippen LogP contribution >= 0.6 is 11.8 Å². The number of carbonyl (C=O) groups excluding carboxylic acids is 1. The summed E-state index contributed by atoms with van der Waals surface area (Å²) in [6, 6.07) is 0. The number of hydrogen-bond donors (Lipinski definition) is 2. The van der Waals surface area contributed by atoms with E-state index in [2.05, 4.69) is 12.2 Å². The second kappa shape index (κ2) is 9.03. The summed E-state index contributed by atoms with van der Waals surface area (Å²) < 4.78 is 0. The van der Waals surface area contributed by atoms with Gasteiger partial charge in [-0.2, -0.15) is 0 Å². The lowest BCUT2D eigenvalue weighted by molar-refractivity contribution is -0.111. The van der Waals surface area contributed by atoms with E-state index in [4.69, 9.17) is 5.73 Å². The number of hydrogen-bond acceptors (Lipinski definition) is 4. The molecule has 0 saturated heterocycles. The molecule has 0 aliphatic rings. The third kappa shape index (κ3) is 8.04. The fourth-order valence-electron chi connectivity index (χ4n) is 0.779. The number of carbonyl (C=O) groups is 1. The Morgan fingerprint density at radius 3 is 2.92 bits per heavy atom. The van der Waals surface area contributed by atoms with Crippen molar-refractivity contribution < 1.29 is 4.79 Å². The lowest BCUT2D eigenvalue weighted by Gasteiger charge is -2.00. The molecular formula is C8H18N2OS. The largest absolute Gasteiger partial charge is 0.330 e. The zero-order valence-corrected chi connectivity index (χ0v) is 8.45. The van der Waals surface area contributed by atoms with Crippen LogP contribution in [-0.2, 0) is 4.79 Å². The topological polar surface area (TPSA) is 55.1 Å². The maximum absolute atomic E-state index is 11.0. The number of rotatable bonds is 7. The Morgan fingerprint density at radius 2 is 2.33 bits per heavy atom. The third-order valence-corrected chi connectivity index (χ3v) is 2.33. The highest BCUT2D eigenvalue weighted by Gasteiger charge is 2.00. The SMILES string of the molecule is CCNCCCC(=O)SCCN. The summed E-state index contributed by atoms with van der Waals surface area (Å²) in [4.78, 5) is 11.0. The monoisotopic (exact) mass is 190 g/mol. The van der Waals surface area contributed by atoms with Gasteiger partial charge in [-0.05, 0) is 19.5 Å². The van der Waals surface area contributed by atoms with E-state index in [0.717, 1.165) is 25.3 Å². The molecule has 0 atom stereocenters. The molecule has 0 bridgehead atoms. The summed E-state index contributed by atoms with van der Waals surface area (Å²) in [6.07, 6.45) is 1.60. The highest BCUT2D eigenvalue weighted by atomic mass is 32.2. The summed E-state index contributed by atoms with van der Waals surface area (Å²) in [5, 5.41) is 3.44. The van der Waals surface area contributed by atoms with Crippen LogP contribution < -0.4 is 11.1 Å². The zero-order chi connectivity index (χ0) is 9.23. The number of thioether (sulfide) groups is 1. The molecule has 0 aromatic heterocycles. The average Bonchev–Trinajstić information content (AvgIpc) is 2.09. The molecular weight excluding hydrogens is 172 g/mol. The lowest BCUT2D eigenvalue weighted by atomic mass is 10.3. The number of nitrogens with two attached hydrogens (primary N) is 1. The van der Waals surface area contributed by atoms with Gasteiger partial charge in [0, 0.05) is 18.7 Å². The van der Waals surface area contributed by atoms with Crippen LogP contribution in [0.15, 0.2) is 0 Å². The van der Waals surface area contributed by atoms with Crippen molar-refractivity contribution in [2.75, 3.05) is 25.4 Å². The van der Waals surface area contributed by atoms with E-state index < -0.39 is 0 Å². The van der Waals surface area contributed by atoms with E-state index in [-0.39, 0.29) is 5.12 Å². The standard InChI is InChI=1S/C8H18N2OS/c1-2-10-6-3-4-8(11)12-7-5-9/h10H,2-7,9H2,1H3. The van der Waals surface area contributed by atoms with Crippen molar-refractivity contribution in [3.8, 4) is 0 Å². The van der Waals surface area contributed by atoms with E-state index in [0.29, 0.717) is 13.0 Å². The van der Waals surface area contributed by atoms with Crippen LogP contribution in [-0.4, -0.2) is 30.5 Å². The minimum atomic E-state index is 0.262. The van der Waals surface area contributed by atoms with Crippen LogP contribution in [0.1, 0.15) is 19.8 Å². The minimum absolute atomic E-state index is 0.262. The predicted molar refractivity (Wildman–Crippen MR) is 54.3 cm³/mol. The first-order valence-electron chi connectivity index (χ1n) is 4.37. The van der Waals surface area contributed by atoms with Crippen LogP contribution in [0.3, 0.4) is 0 Å². The Bertz CT molecular complexity index is 120. The molecule has 0 aromatic carbocycles. The molecule has 0 radical (unpaired) electrons. The summed E-state index contributed by atoms with van der Waals surface area (Å²) in [5.74, 6) is 0.750. The van der Waals surface area contributed by atoms with Crippen LogP contribution in [0.4, 0.5) is 0 Å². The van der Waals surface area contributed by atoms with Gasteiger partial charge in [-0.1, -0.05) is 18.7 Å². The normalized spacial score (nSPS) is 10.2. The van der Waals surface area contributed by atoms with Gasteiger partial charge in [-0.3, -0.25) is 4.79 Å². The van der Waals surface area contributed by atoms with Crippen molar-refractivity contribution >= 4 is 16.9 Å². The summed E-state index contributed by atoms with van der Waals surface area (Å²) in [7, 11) is 0. The van der Waals surface area contributed by atoms with Gasteiger partial charge in [0.25, 0.3) is 0 Å². The first kappa shape index (κ1) is 11.9. The molecule has 0 saturated carbocycles.